The predicted octanol–water partition coefficient (Wildman–Crippen LogP) is 2.87. The predicted molar refractivity (Wildman–Crippen MR) is 88.3 cm³/mol. The van der Waals surface area contributed by atoms with Crippen LogP contribution < -0.4 is 10.5 Å². The van der Waals surface area contributed by atoms with Gasteiger partial charge in [-0.25, -0.2) is 13.1 Å². The summed E-state index contributed by atoms with van der Waals surface area (Å²) >= 11 is 3.32. The largest absolute Gasteiger partial charge is 0.326 e. The van der Waals surface area contributed by atoms with Crippen molar-refractivity contribution in [3.8, 4) is 0 Å². The van der Waals surface area contributed by atoms with Gasteiger partial charge in [0.05, 0.1) is 4.90 Å². The van der Waals surface area contributed by atoms with Crippen molar-refractivity contribution in [1.82, 2.24) is 4.72 Å². The molecule has 21 heavy (non-hydrogen) atoms. The lowest BCUT2D eigenvalue weighted by Crippen LogP contribution is -2.27. The standard InChI is InChI=1S/C15H23BrN2O2S/c1-14(2)13(15(14,3)4)9-18-21(19,20)12-6-5-10(8-17)7-11(12)16/h5-7,13,18H,8-9,17H2,1-4H3. The second kappa shape index (κ2) is 5.33. The molecule has 0 amide bonds. The van der Waals surface area contributed by atoms with E-state index in [9.17, 15) is 8.42 Å². The summed E-state index contributed by atoms with van der Waals surface area (Å²) in [7, 11) is -3.51. The molecule has 0 radical (unpaired) electrons. The molecule has 0 aromatic heterocycles. The Morgan fingerprint density at radius 1 is 1.24 bits per heavy atom. The van der Waals surface area contributed by atoms with E-state index in [1.807, 2.05) is 0 Å². The molecule has 4 nitrogen and oxygen atoms in total. The topological polar surface area (TPSA) is 72.2 Å². The van der Waals surface area contributed by atoms with Gasteiger partial charge in [-0.1, -0.05) is 33.8 Å². The van der Waals surface area contributed by atoms with Crippen LogP contribution in [0.2, 0.25) is 0 Å². The average Bonchev–Trinajstić information content (AvgIpc) is 2.76. The fraction of sp³-hybridized carbons (Fsp3) is 0.600. The van der Waals surface area contributed by atoms with Gasteiger partial charge in [-0.3, -0.25) is 0 Å². The van der Waals surface area contributed by atoms with Crippen LogP contribution >= 0.6 is 15.9 Å². The molecular formula is C15H23BrN2O2S. The van der Waals surface area contributed by atoms with Gasteiger partial charge in [0.25, 0.3) is 0 Å². The van der Waals surface area contributed by atoms with Gasteiger partial charge in [0.1, 0.15) is 0 Å². The van der Waals surface area contributed by atoms with Crippen LogP contribution in [-0.4, -0.2) is 15.0 Å². The Balaban J connectivity index is 2.14. The SMILES string of the molecule is CC1(C)C(CNS(=O)(=O)c2ccc(CN)cc2Br)C1(C)C. The van der Waals surface area contributed by atoms with Gasteiger partial charge < -0.3 is 5.73 Å². The molecule has 0 atom stereocenters. The first-order valence-corrected chi connectivity index (χ1v) is 9.30. The number of rotatable bonds is 5. The molecule has 1 aromatic rings. The summed E-state index contributed by atoms with van der Waals surface area (Å²) in [4.78, 5) is 0.260. The lowest BCUT2D eigenvalue weighted by molar-refractivity contribution is 0.457. The van der Waals surface area contributed by atoms with Crippen molar-refractivity contribution in [2.24, 2.45) is 22.5 Å². The molecule has 1 aliphatic carbocycles. The van der Waals surface area contributed by atoms with E-state index in [0.29, 0.717) is 23.5 Å². The Morgan fingerprint density at radius 2 is 1.81 bits per heavy atom. The third-order valence-electron chi connectivity index (χ3n) is 5.32. The highest BCUT2D eigenvalue weighted by atomic mass is 79.9. The van der Waals surface area contributed by atoms with E-state index in [4.69, 9.17) is 5.73 Å². The van der Waals surface area contributed by atoms with Crippen LogP contribution in [0.15, 0.2) is 27.6 Å². The summed E-state index contributed by atoms with van der Waals surface area (Å²) in [6, 6.07) is 5.08. The van der Waals surface area contributed by atoms with Crippen molar-refractivity contribution >= 4 is 26.0 Å². The van der Waals surface area contributed by atoms with Crippen LogP contribution in [0.5, 0.6) is 0 Å². The number of halogens is 1. The molecule has 6 heteroatoms. The minimum absolute atomic E-state index is 0.163. The number of hydrogen-bond donors (Lipinski definition) is 2. The highest BCUT2D eigenvalue weighted by Crippen LogP contribution is 2.67. The van der Waals surface area contributed by atoms with Gasteiger partial charge in [0.2, 0.25) is 10.0 Å². The zero-order valence-electron chi connectivity index (χ0n) is 12.9. The zero-order valence-corrected chi connectivity index (χ0v) is 15.3. The molecule has 118 valence electrons. The summed E-state index contributed by atoms with van der Waals surface area (Å²) in [6.07, 6.45) is 0. The Labute approximate surface area is 135 Å². The first kappa shape index (κ1) is 16.9. The van der Waals surface area contributed by atoms with Gasteiger partial charge in [0, 0.05) is 17.6 Å². The van der Waals surface area contributed by atoms with Gasteiger partial charge in [-0.2, -0.15) is 0 Å². The van der Waals surface area contributed by atoms with Crippen molar-refractivity contribution < 1.29 is 8.42 Å². The summed E-state index contributed by atoms with van der Waals surface area (Å²) in [5.41, 5.74) is 6.78. The molecule has 0 saturated heterocycles. The Bertz CT molecular complexity index is 640. The van der Waals surface area contributed by atoms with Crippen LogP contribution in [-0.2, 0) is 16.6 Å². The third kappa shape index (κ3) is 2.91. The lowest BCUT2D eigenvalue weighted by atomic mass is 10.0. The minimum atomic E-state index is -3.51. The molecule has 1 saturated carbocycles. The van der Waals surface area contributed by atoms with Crippen molar-refractivity contribution in [3.63, 3.8) is 0 Å². The highest BCUT2D eigenvalue weighted by Gasteiger charge is 2.64. The van der Waals surface area contributed by atoms with Crippen molar-refractivity contribution in [3.05, 3.63) is 28.2 Å². The van der Waals surface area contributed by atoms with Crippen LogP contribution in [0.4, 0.5) is 0 Å². The smallest absolute Gasteiger partial charge is 0.241 e. The van der Waals surface area contributed by atoms with Crippen LogP contribution in [0.1, 0.15) is 33.3 Å². The van der Waals surface area contributed by atoms with Crippen molar-refractivity contribution in [2.75, 3.05) is 6.54 Å². The number of nitrogens with one attached hydrogen (secondary N) is 1. The molecular weight excluding hydrogens is 352 g/mol. The molecule has 1 aromatic carbocycles. The van der Waals surface area contributed by atoms with Crippen LogP contribution in [0.25, 0.3) is 0 Å². The lowest BCUT2D eigenvalue weighted by Gasteiger charge is -2.10. The monoisotopic (exact) mass is 374 g/mol. The second-order valence-electron chi connectivity index (χ2n) is 6.82. The van der Waals surface area contributed by atoms with E-state index in [1.165, 1.54) is 0 Å². The summed E-state index contributed by atoms with van der Waals surface area (Å²) in [6.45, 7) is 9.57. The Kier molecular flexibility index (Phi) is 4.30. The van der Waals surface area contributed by atoms with Gasteiger partial charge in [-0.05, 0) is 50.4 Å². The first-order valence-electron chi connectivity index (χ1n) is 7.02. The van der Waals surface area contributed by atoms with E-state index in [2.05, 4.69) is 48.3 Å². The molecule has 0 bridgehead atoms. The fourth-order valence-corrected chi connectivity index (χ4v) is 5.17. The van der Waals surface area contributed by atoms with E-state index < -0.39 is 10.0 Å². The summed E-state index contributed by atoms with van der Waals surface area (Å²) in [5, 5.41) is 0. The quantitative estimate of drug-likeness (QED) is 0.831. The molecule has 1 fully saturated rings. The third-order valence-corrected chi connectivity index (χ3v) is 7.72. The molecule has 0 spiro atoms. The first-order chi connectivity index (χ1) is 9.54. The van der Waals surface area contributed by atoms with E-state index in [1.54, 1.807) is 18.2 Å². The van der Waals surface area contributed by atoms with Crippen molar-refractivity contribution in [2.45, 2.75) is 39.1 Å². The Morgan fingerprint density at radius 3 is 2.24 bits per heavy atom. The molecule has 0 unspecified atom stereocenters. The minimum Gasteiger partial charge on any atom is -0.326 e. The van der Waals surface area contributed by atoms with Crippen LogP contribution in [0, 0.1) is 16.7 Å². The molecule has 3 N–H and O–H groups in total. The number of sulfonamides is 1. The fourth-order valence-electron chi connectivity index (χ4n) is 3.00. The molecule has 0 aliphatic heterocycles. The van der Waals surface area contributed by atoms with Gasteiger partial charge in [-0.15, -0.1) is 0 Å². The molecule has 2 rings (SSSR count). The second-order valence-corrected chi connectivity index (χ2v) is 9.41. The maximum absolute atomic E-state index is 12.4. The number of benzene rings is 1. The summed E-state index contributed by atoms with van der Waals surface area (Å²) < 4.78 is 28.2. The molecule has 1 aliphatic rings. The van der Waals surface area contributed by atoms with Gasteiger partial charge in [0.15, 0.2) is 0 Å². The van der Waals surface area contributed by atoms with Crippen LogP contribution in [0.3, 0.4) is 0 Å². The maximum atomic E-state index is 12.4. The van der Waals surface area contributed by atoms with E-state index >= 15 is 0 Å². The number of hydrogen-bond acceptors (Lipinski definition) is 3. The zero-order chi connectivity index (χ0) is 16.1. The normalized spacial score (nSPS) is 20.5. The summed E-state index contributed by atoms with van der Waals surface area (Å²) in [5.74, 6) is 0.349. The maximum Gasteiger partial charge on any atom is 0.241 e. The average molecular weight is 375 g/mol. The van der Waals surface area contributed by atoms with Crippen molar-refractivity contribution in [1.29, 1.82) is 0 Å². The highest BCUT2D eigenvalue weighted by molar-refractivity contribution is 9.10. The van der Waals surface area contributed by atoms with E-state index in [0.717, 1.165) is 5.56 Å². The number of nitrogens with two attached hydrogens (primary N) is 1. The Hall–Kier alpha value is -0.430. The molecule has 0 heterocycles. The van der Waals surface area contributed by atoms with Gasteiger partial charge >= 0.3 is 0 Å². The van der Waals surface area contributed by atoms with E-state index in [-0.39, 0.29) is 15.7 Å².